The largest absolute Gasteiger partial charge is 0.508 e. The number of aromatic hydroxyl groups is 2. The van der Waals surface area contributed by atoms with Gasteiger partial charge in [0.2, 0.25) is 0 Å². The van der Waals surface area contributed by atoms with E-state index in [0.717, 1.165) is 5.56 Å². The Morgan fingerprint density at radius 2 is 2.08 bits per heavy atom. The monoisotopic (exact) mass is 164 g/mol. The minimum absolute atomic E-state index is 0.0764. The van der Waals surface area contributed by atoms with E-state index in [-0.39, 0.29) is 17.4 Å². The molecule has 1 atom stereocenters. The van der Waals surface area contributed by atoms with Crippen LogP contribution in [0.4, 0.5) is 0 Å². The number of phenolic OH excluding ortho intramolecular Hbond substituents is 2. The zero-order valence-corrected chi connectivity index (χ0v) is 6.99. The Morgan fingerprint density at radius 1 is 1.42 bits per heavy atom. The molecule has 0 fully saturated rings. The van der Waals surface area contributed by atoms with Gasteiger partial charge in [-0.3, -0.25) is 0 Å². The molecule has 2 heteroatoms. The van der Waals surface area contributed by atoms with Gasteiger partial charge in [-0.05, 0) is 6.07 Å². The van der Waals surface area contributed by atoms with E-state index < -0.39 is 0 Å². The van der Waals surface area contributed by atoms with Gasteiger partial charge in [0.05, 0.1) is 0 Å². The van der Waals surface area contributed by atoms with Gasteiger partial charge in [0.15, 0.2) is 0 Å². The molecule has 0 bridgehead atoms. The number of allylic oxidation sites excluding steroid dienone is 1. The lowest BCUT2D eigenvalue weighted by Gasteiger charge is -2.08. The van der Waals surface area contributed by atoms with Crippen LogP contribution in [-0.4, -0.2) is 10.2 Å². The summed E-state index contributed by atoms with van der Waals surface area (Å²) < 4.78 is 0. The van der Waals surface area contributed by atoms with Crippen LogP contribution in [0.2, 0.25) is 0 Å². The molecular formula is C10H12O2. The molecule has 0 aromatic heterocycles. The van der Waals surface area contributed by atoms with Crippen molar-refractivity contribution in [3.8, 4) is 11.5 Å². The van der Waals surface area contributed by atoms with Crippen LogP contribution in [0, 0.1) is 0 Å². The van der Waals surface area contributed by atoms with E-state index >= 15 is 0 Å². The van der Waals surface area contributed by atoms with Crippen molar-refractivity contribution < 1.29 is 10.2 Å². The number of hydrogen-bond acceptors (Lipinski definition) is 2. The van der Waals surface area contributed by atoms with Gasteiger partial charge in [0, 0.05) is 17.5 Å². The van der Waals surface area contributed by atoms with Crippen molar-refractivity contribution in [2.75, 3.05) is 0 Å². The minimum Gasteiger partial charge on any atom is -0.508 e. The average molecular weight is 164 g/mol. The third-order valence-corrected chi connectivity index (χ3v) is 1.86. The van der Waals surface area contributed by atoms with Gasteiger partial charge >= 0.3 is 0 Å². The summed E-state index contributed by atoms with van der Waals surface area (Å²) in [5.41, 5.74) is 0.780. The number of rotatable bonds is 2. The molecule has 12 heavy (non-hydrogen) atoms. The van der Waals surface area contributed by atoms with E-state index in [4.69, 9.17) is 5.11 Å². The number of benzene rings is 1. The molecule has 0 aliphatic heterocycles. The fraction of sp³-hybridized carbons (Fsp3) is 0.200. The average Bonchev–Trinajstić information content (AvgIpc) is 2.03. The fourth-order valence-electron chi connectivity index (χ4n) is 1.04. The van der Waals surface area contributed by atoms with Crippen molar-refractivity contribution in [1.29, 1.82) is 0 Å². The second-order valence-electron chi connectivity index (χ2n) is 2.77. The van der Waals surface area contributed by atoms with Crippen molar-refractivity contribution >= 4 is 0 Å². The second-order valence-corrected chi connectivity index (χ2v) is 2.77. The SMILES string of the molecule is C=CC(C)c1ccc(O)cc1O. The van der Waals surface area contributed by atoms with Crippen LogP contribution < -0.4 is 0 Å². The minimum atomic E-state index is 0.0764. The summed E-state index contributed by atoms with van der Waals surface area (Å²) in [5, 5.41) is 18.4. The molecule has 1 unspecified atom stereocenters. The first kappa shape index (κ1) is 8.65. The van der Waals surface area contributed by atoms with Crippen LogP contribution in [-0.2, 0) is 0 Å². The summed E-state index contributed by atoms with van der Waals surface area (Å²) in [6.45, 7) is 5.56. The van der Waals surface area contributed by atoms with Crippen molar-refractivity contribution in [3.63, 3.8) is 0 Å². The summed E-state index contributed by atoms with van der Waals surface area (Å²) in [5.74, 6) is 0.292. The molecule has 1 rings (SSSR count). The Hall–Kier alpha value is -1.44. The third kappa shape index (κ3) is 1.59. The smallest absolute Gasteiger partial charge is 0.123 e. The highest BCUT2D eigenvalue weighted by molar-refractivity contribution is 5.41. The zero-order chi connectivity index (χ0) is 9.14. The maximum atomic E-state index is 9.39. The van der Waals surface area contributed by atoms with Crippen LogP contribution in [0.5, 0.6) is 11.5 Å². The molecule has 0 saturated carbocycles. The van der Waals surface area contributed by atoms with Gasteiger partial charge in [-0.1, -0.05) is 19.1 Å². The van der Waals surface area contributed by atoms with Gasteiger partial charge in [0.1, 0.15) is 11.5 Å². The van der Waals surface area contributed by atoms with Crippen LogP contribution in [0.15, 0.2) is 30.9 Å². The summed E-state index contributed by atoms with van der Waals surface area (Å²) in [7, 11) is 0. The second kappa shape index (κ2) is 3.30. The quantitative estimate of drug-likeness (QED) is 0.659. The molecule has 0 spiro atoms. The van der Waals surface area contributed by atoms with Crippen LogP contribution in [0.3, 0.4) is 0 Å². The van der Waals surface area contributed by atoms with E-state index in [0.29, 0.717) is 0 Å². The predicted molar refractivity (Wildman–Crippen MR) is 48.4 cm³/mol. The molecule has 64 valence electrons. The molecule has 1 aromatic rings. The first-order valence-electron chi connectivity index (χ1n) is 3.79. The first-order valence-corrected chi connectivity index (χ1v) is 3.79. The van der Waals surface area contributed by atoms with Crippen molar-refractivity contribution in [3.05, 3.63) is 36.4 Å². The molecule has 0 aliphatic carbocycles. The number of phenols is 2. The van der Waals surface area contributed by atoms with E-state index in [9.17, 15) is 5.11 Å². The lowest BCUT2D eigenvalue weighted by atomic mass is 10.0. The molecule has 2 N–H and O–H groups in total. The Morgan fingerprint density at radius 3 is 2.58 bits per heavy atom. The van der Waals surface area contributed by atoms with E-state index in [1.165, 1.54) is 6.07 Å². The van der Waals surface area contributed by atoms with Crippen molar-refractivity contribution in [1.82, 2.24) is 0 Å². The predicted octanol–water partition coefficient (Wildman–Crippen LogP) is 2.39. The van der Waals surface area contributed by atoms with E-state index in [2.05, 4.69) is 6.58 Å². The first-order chi connectivity index (χ1) is 5.65. The maximum absolute atomic E-state index is 9.39. The molecular weight excluding hydrogens is 152 g/mol. The Bertz CT molecular complexity index is 292. The van der Waals surface area contributed by atoms with Crippen LogP contribution in [0.25, 0.3) is 0 Å². The van der Waals surface area contributed by atoms with Gasteiger partial charge in [-0.2, -0.15) is 0 Å². The van der Waals surface area contributed by atoms with Gasteiger partial charge in [-0.25, -0.2) is 0 Å². The molecule has 0 heterocycles. The fourth-order valence-corrected chi connectivity index (χ4v) is 1.04. The topological polar surface area (TPSA) is 40.5 Å². The molecule has 0 radical (unpaired) electrons. The molecule has 0 aliphatic rings. The lowest BCUT2D eigenvalue weighted by molar-refractivity contribution is 0.445. The Kier molecular flexibility index (Phi) is 2.38. The van der Waals surface area contributed by atoms with E-state index in [1.807, 2.05) is 6.92 Å². The molecule has 0 amide bonds. The Labute approximate surface area is 71.8 Å². The van der Waals surface area contributed by atoms with E-state index in [1.54, 1.807) is 18.2 Å². The van der Waals surface area contributed by atoms with Crippen molar-refractivity contribution in [2.24, 2.45) is 0 Å². The highest BCUT2D eigenvalue weighted by atomic mass is 16.3. The standard InChI is InChI=1S/C10H12O2/c1-3-7(2)9-5-4-8(11)6-10(9)12/h3-7,11-12H,1H2,2H3. The van der Waals surface area contributed by atoms with Crippen LogP contribution in [0.1, 0.15) is 18.4 Å². The summed E-state index contributed by atoms with van der Waals surface area (Å²) in [6, 6.07) is 4.57. The van der Waals surface area contributed by atoms with Gasteiger partial charge in [-0.15, -0.1) is 6.58 Å². The molecule has 2 nitrogen and oxygen atoms in total. The molecule has 1 aromatic carbocycles. The Balaban J connectivity index is 3.09. The lowest BCUT2D eigenvalue weighted by Crippen LogP contribution is -1.88. The number of hydrogen-bond donors (Lipinski definition) is 2. The summed E-state index contributed by atoms with van der Waals surface area (Å²) in [4.78, 5) is 0. The highest BCUT2D eigenvalue weighted by Crippen LogP contribution is 2.29. The van der Waals surface area contributed by atoms with Gasteiger partial charge < -0.3 is 10.2 Å². The van der Waals surface area contributed by atoms with Crippen molar-refractivity contribution in [2.45, 2.75) is 12.8 Å². The normalized spacial score (nSPS) is 12.4. The zero-order valence-electron chi connectivity index (χ0n) is 6.99. The maximum Gasteiger partial charge on any atom is 0.123 e. The summed E-state index contributed by atoms with van der Waals surface area (Å²) in [6.07, 6.45) is 1.74. The van der Waals surface area contributed by atoms with Crippen LogP contribution >= 0.6 is 0 Å². The van der Waals surface area contributed by atoms with Gasteiger partial charge in [0.25, 0.3) is 0 Å². The molecule has 0 saturated heterocycles. The highest BCUT2D eigenvalue weighted by Gasteiger charge is 2.06. The third-order valence-electron chi connectivity index (χ3n) is 1.86. The summed E-state index contributed by atoms with van der Waals surface area (Å²) >= 11 is 0.